The summed E-state index contributed by atoms with van der Waals surface area (Å²) < 4.78 is 6.08. The minimum Gasteiger partial charge on any atom is -0.440 e. The lowest BCUT2D eigenvalue weighted by molar-refractivity contribution is 0.208. The Morgan fingerprint density at radius 2 is 1.72 bits per heavy atom. The minimum absolute atomic E-state index is 0.189. The van der Waals surface area contributed by atoms with Crippen molar-refractivity contribution in [3.05, 3.63) is 100 Å². The average Bonchev–Trinajstić information content (AvgIpc) is 2.74. The Bertz CT molecular complexity index is 1030. The molecule has 0 fully saturated rings. The number of nitrogens with zero attached hydrogens (tertiary/aromatic N) is 2. The first-order chi connectivity index (χ1) is 14.1. The molecule has 0 bridgehead atoms. The Balaban J connectivity index is 1.89. The molecule has 0 aliphatic carbocycles. The van der Waals surface area contributed by atoms with E-state index in [-0.39, 0.29) is 11.8 Å². The summed E-state index contributed by atoms with van der Waals surface area (Å²) in [6.45, 7) is 5.92. The summed E-state index contributed by atoms with van der Waals surface area (Å²) in [6.07, 6.45) is 2.16. The summed E-state index contributed by atoms with van der Waals surface area (Å²) in [5, 5.41) is 9.84. The van der Waals surface area contributed by atoms with E-state index >= 15 is 0 Å². The highest BCUT2D eigenvalue weighted by Crippen LogP contribution is 2.44. The molecule has 1 unspecified atom stereocenters. The van der Waals surface area contributed by atoms with E-state index in [1.807, 2.05) is 36.4 Å². The van der Waals surface area contributed by atoms with Crippen molar-refractivity contribution >= 4 is 6.08 Å². The fourth-order valence-electron chi connectivity index (χ4n) is 4.04. The summed E-state index contributed by atoms with van der Waals surface area (Å²) in [5.41, 5.74) is 11.1. The first kappa shape index (κ1) is 19.0. The molecule has 2 aliphatic rings. The molecule has 146 valence electrons. The standard InChI is InChI=1S/C25H25N3O/c1-17(2)28-15-20(13-18-9-5-3-6-10-18)24-22(16-28)23(19-11-7-4-8-12-19)21(14-26)25(27)29-24/h3-13,17,23H,15-16,27H2,1-2H3. The minimum atomic E-state index is -0.189. The molecular weight excluding hydrogens is 358 g/mol. The first-order valence-electron chi connectivity index (χ1n) is 9.94. The zero-order chi connectivity index (χ0) is 20.4. The fraction of sp³-hybridized carbons (Fsp3) is 0.240. The second kappa shape index (κ2) is 7.98. The number of benzene rings is 2. The van der Waals surface area contributed by atoms with E-state index < -0.39 is 0 Å². The summed E-state index contributed by atoms with van der Waals surface area (Å²) in [7, 11) is 0. The molecule has 0 saturated heterocycles. The molecule has 0 radical (unpaired) electrons. The van der Waals surface area contributed by atoms with Crippen LogP contribution in [0.2, 0.25) is 0 Å². The van der Waals surface area contributed by atoms with Crippen molar-refractivity contribution in [1.29, 1.82) is 5.26 Å². The van der Waals surface area contributed by atoms with Gasteiger partial charge in [-0.1, -0.05) is 60.7 Å². The summed E-state index contributed by atoms with van der Waals surface area (Å²) >= 11 is 0. The number of nitrogens with two attached hydrogens (primary N) is 1. The SMILES string of the molecule is CC(C)N1CC(=Cc2ccccc2)C2=C(C1)C(c1ccccc1)C(C#N)=C(N)O2. The Kier molecular flexibility index (Phi) is 5.24. The number of nitriles is 1. The molecule has 0 amide bonds. The topological polar surface area (TPSA) is 62.3 Å². The first-order valence-corrected chi connectivity index (χ1v) is 9.94. The van der Waals surface area contributed by atoms with Gasteiger partial charge < -0.3 is 10.5 Å². The molecule has 2 heterocycles. The average molecular weight is 383 g/mol. The van der Waals surface area contributed by atoms with Crippen LogP contribution in [-0.2, 0) is 4.74 Å². The van der Waals surface area contributed by atoms with Crippen LogP contribution < -0.4 is 5.73 Å². The number of ether oxygens (including phenoxy) is 1. The van der Waals surface area contributed by atoms with Crippen LogP contribution in [0.1, 0.15) is 30.9 Å². The highest BCUT2D eigenvalue weighted by molar-refractivity contribution is 5.63. The zero-order valence-electron chi connectivity index (χ0n) is 16.8. The predicted molar refractivity (Wildman–Crippen MR) is 115 cm³/mol. The van der Waals surface area contributed by atoms with Crippen LogP contribution in [0.15, 0.2) is 89.0 Å². The molecule has 4 nitrogen and oxygen atoms in total. The van der Waals surface area contributed by atoms with Gasteiger partial charge in [0.1, 0.15) is 17.4 Å². The van der Waals surface area contributed by atoms with Crippen molar-refractivity contribution in [2.45, 2.75) is 25.8 Å². The number of rotatable bonds is 3. The van der Waals surface area contributed by atoms with Gasteiger partial charge in [-0.3, -0.25) is 4.90 Å². The molecule has 2 aromatic rings. The van der Waals surface area contributed by atoms with Crippen LogP contribution >= 0.6 is 0 Å². The number of hydrogen-bond acceptors (Lipinski definition) is 4. The van der Waals surface area contributed by atoms with Crippen molar-refractivity contribution in [3.63, 3.8) is 0 Å². The lowest BCUT2D eigenvalue weighted by atomic mass is 9.80. The van der Waals surface area contributed by atoms with E-state index in [4.69, 9.17) is 10.5 Å². The molecule has 4 heteroatoms. The van der Waals surface area contributed by atoms with E-state index in [0.717, 1.165) is 41.1 Å². The summed E-state index contributed by atoms with van der Waals surface area (Å²) in [4.78, 5) is 2.41. The summed E-state index contributed by atoms with van der Waals surface area (Å²) in [5.74, 6) is 0.832. The lowest BCUT2D eigenvalue weighted by Gasteiger charge is -2.39. The quantitative estimate of drug-likeness (QED) is 0.844. The van der Waals surface area contributed by atoms with Crippen LogP contribution in [0, 0.1) is 11.3 Å². The Hall–Kier alpha value is -3.29. The molecular formula is C25H25N3O. The molecule has 0 spiro atoms. The third-order valence-corrected chi connectivity index (χ3v) is 5.57. The van der Waals surface area contributed by atoms with Gasteiger partial charge in [0.05, 0.1) is 5.92 Å². The van der Waals surface area contributed by atoms with Crippen molar-refractivity contribution in [3.8, 4) is 6.07 Å². The smallest absolute Gasteiger partial charge is 0.205 e. The number of hydrogen-bond donors (Lipinski definition) is 1. The highest BCUT2D eigenvalue weighted by Gasteiger charge is 2.38. The molecule has 0 aromatic heterocycles. The van der Waals surface area contributed by atoms with E-state index in [1.165, 1.54) is 0 Å². The lowest BCUT2D eigenvalue weighted by Crippen LogP contribution is -2.41. The third-order valence-electron chi connectivity index (χ3n) is 5.57. The maximum absolute atomic E-state index is 9.84. The normalized spacial score (nSPS) is 21.2. The van der Waals surface area contributed by atoms with E-state index in [1.54, 1.807) is 0 Å². The molecule has 0 saturated carbocycles. The zero-order valence-corrected chi connectivity index (χ0v) is 16.8. The number of allylic oxidation sites excluding steroid dienone is 1. The van der Waals surface area contributed by atoms with E-state index in [9.17, 15) is 5.26 Å². The van der Waals surface area contributed by atoms with Crippen LogP contribution in [-0.4, -0.2) is 24.0 Å². The molecule has 29 heavy (non-hydrogen) atoms. The van der Waals surface area contributed by atoms with Crippen molar-refractivity contribution in [2.24, 2.45) is 5.73 Å². The highest BCUT2D eigenvalue weighted by atomic mass is 16.5. The van der Waals surface area contributed by atoms with Crippen LogP contribution in [0.4, 0.5) is 0 Å². The van der Waals surface area contributed by atoms with Gasteiger partial charge in [-0.15, -0.1) is 0 Å². The van der Waals surface area contributed by atoms with Gasteiger partial charge in [-0.05, 0) is 36.6 Å². The fourth-order valence-corrected chi connectivity index (χ4v) is 4.04. The second-order valence-electron chi connectivity index (χ2n) is 7.77. The van der Waals surface area contributed by atoms with Crippen molar-refractivity contribution < 1.29 is 4.74 Å². The van der Waals surface area contributed by atoms with Gasteiger partial charge in [-0.2, -0.15) is 5.26 Å². The van der Waals surface area contributed by atoms with Gasteiger partial charge in [0.2, 0.25) is 5.88 Å². The molecule has 2 aliphatic heterocycles. The van der Waals surface area contributed by atoms with Crippen molar-refractivity contribution in [1.82, 2.24) is 4.90 Å². The molecule has 2 N–H and O–H groups in total. The maximum Gasteiger partial charge on any atom is 0.205 e. The van der Waals surface area contributed by atoms with E-state index in [0.29, 0.717) is 11.6 Å². The predicted octanol–water partition coefficient (Wildman–Crippen LogP) is 4.56. The van der Waals surface area contributed by atoms with Crippen LogP contribution in [0.25, 0.3) is 6.08 Å². The third kappa shape index (κ3) is 3.70. The Labute approximate surface area is 172 Å². The van der Waals surface area contributed by atoms with Crippen molar-refractivity contribution in [2.75, 3.05) is 13.1 Å². The van der Waals surface area contributed by atoms with Gasteiger partial charge in [0, 0.05) is 24.7 Å². The van der Waals surface area contributed by atoms with Gasteiger partial charge in [0.15, 0.2) is 0 Å². The molecule has 1 atom stereocenters. The van der Waals surface area contributed by atoms with Crippen LogP contribution in [0.5, 0.6) is 0 Å². The monoisotopic (exact) mass is 383 g/mol. The van der Waals surface area contributed by atoms with Gasteiger partial charge in [0.25, 0.3) is 0 Å². The van der Waals surface area contributed by atoms with Gasteiger partial charge >= 0.3 is 0 Å². The Morgan fingerprint density at radius 1 is 1.07 bits per heavy atom. The maximum atomic E-state index is 9.84. The largest absolute Gasteiger partial charge is 0.440 e. The summed E-state index contributed by atoms with van der Waals surface area (Å²) in [6, 6.07) is 23.0. The van der Waals surface area contributed by atoms with Crippen LogP contribution in [0.3, 0.4) is 0 Å². The second-order valence-corrected chi connectivity index (χ2v) is 7.77. The Morgan fingerprint density at radius 3 is 2.34 bits per heavy atom. The van der Waals surface area contributed by atoms with Gasteiger partial charge in [-0.25, -0.2) is 0 Å². The molecule has 2 aromatic carbocycles. The molecule has 4 rings (SSSR count). The van der Waals surface area contributed by atoms with E-state index in [2.05, 4.69) is 55.2 Å².